The molecule has 0 atom stereocenters. The number of aryl methyl sites for hydroxylation is 1. The zero-order valence-electron chi connectivity index (χ0n) is 17.5. The van der Waals surface area contributed by atoms with Gasteiger partial charge in [-0.3, -0.25) is 0 Å². The van der Waals surface area contributed by atoms with E-state index in [9.17, 15) is 0 Å². The van der Waals surface area contributed by atoms with Crippen LogP contribution in [0.25, 0.3) is 22.8 Å². The van der Waals surface area contributed by atoms with E-state index in [0.717, 1.165) is 12.8 Å². The van der Waals surface area contributed by atoms with E-state index in [2.05, 4.69) is 112 Å². The van der Waals surface area contributed by atoms with Gasteiger partial charge in [0.05, 0.1) is 0 Å². The average Bonchev–Trinajstić information content (AvgIpc) is 2.71. The van der Waals surface area contributed by atoms with Gasteiger partial charge in [-0.2, -0.15) is 0 Å². The molecule has 0 N–H and O–H groups in total. The van der Waals surface area contributed by atoms with Crippen LogP contribution in [0.1, 0.15) is 49.8 Å². The Labute approximate surface area is 171 Å². The first-order chi connectivity index (χ1) is 13.7. The third-order valence-corrected chi connectivity index (χ3v) is 4.50. The average molecular weight is 369 g/mol. The fourth-order valence-corrected chi connectivity index (χ4v) is 2.96. The fraction of sp³-hybridized carbons (Fsp3) is 0.214. The highest BCUT2D eigenvalue weighted by molar-refractivity contribution is 5.81. The fourth-order valence-electron chi connectivity index (χ4n) is 2.96. The third kappa shape index (κ3) is 6.70. The minimum absolute atomic E-state index is 1.01. The van der Waals surface area contributed by atoms with Crippen LogP contribution in [0, 0.1) is 6.92 Å². The van der Waals surface area contributed by atoms with Crippen molar-refractivity contribution in [3.63, 3.8) is 0 Å². The van der Waals surface area contributed by atoms with Crippen LogP contribution in [-0.4, -0.2) is 0 Å². The minimum Gasteiger partial charge on any atom is -0.0990 e. The SMILES string of the molecule is C=C/C=C(\C=C/CC)c1cc(C=C/C=C\CCC)cc(-c2ccc(C)cc2)c1. The van der Waals surface area contributed by atoms with Gasteiger partial charge in [0.15, 0.2) is 0 Å². The summed E-state index contributed by atoms with van der Waals surface area (Å²) in [6.45, 7) is 10.4. The lowest BCUT2D eigenvalue weighted by atomic mass is 9.95. The summed E-state index contributed by atoms with van der Waals surface area (Å²) in [5.74, 6) is 0. The van der Waals surface area contributed by atoms with Crippen LogP contribution in [0.2, 0.25) is 0 Å². The van der Waals surface area contributed by atoms with Crippen molar-refractivity contribution >= 4 is 11.6 Å². The summed E-state index contributed by atoms with van der Waals surface area (Å²) in [5, 5.41) is 0. The lowest BCUT2D eigenvalue weighted by Crippen LogP contribution is -1.88. The van der Waals surface area contributed by atoms with Crippen LogP contribution in [0.5, 0.6) is 0 Å². The van der Waals surface area contributed by atoms with Gasteiger partial charge in [-0.25, -0.2) is 0 Å². The Hall–Kier alpha value is -2.86. The molecule has 0 aliphatic carbocycles. The smallest absolute Gasteiger partial charge is 0.0172 e. The van der Waals surface area contributed by atoms with Crippen molar-refractivity contribution in [3.8, 4) is 11.1 Å². The summed E-state index contributed by atoms with van der Waals surface area (Å²) in [7, 11) is 0. The van der Waals surface area contributed by atoms with Crippen LogP contribution in [0.3, 0.4) is 0 Å². The standard InChI is InChI=1S/C28H32/c1-5-8-10-11-12-14-24-20-27(25(13-7-3)15-9-6-2)22-28(21-24)26-18-16-23(4)17-19-26/h7,9-22H,3,5-6,8H2,1-2,4H3/b11-10-,14-12?,15-9-,25-13+. The second-order valence-electron chi connectivity index (χ2n) is 6.95. The van der Waals surface area contributed by atoms with Gasteiger partial charge < -0.3 is 0 Å². The number of unbranched alkanes of at least 4 members (excludes halogenated alkanes) is 1. The number of hydrogen-bond donors (Lipinski definition) is 0. The van der Waals surface area contributed by atoms with Crippen molar-refractivity contribution in [2.45, 2.75) is 40.0 Å². The number of hydrogen-bond acceptors (Lipinski definition) is 0. The Kier molecular flexibility index (Phi) is 9.01. The lowest BCUT2D eigenvalue weighted by molar-refractivity contribution is 0.959. The first-order valence-corrected chi connectivity index (χ1v) is 10.2. The largest absolute Gasteiger partial charge is 0.0990 e. The molecular weight excluding hydrogens is 336 g/mol. The predicted octanol–water partition coefficient (Wildman–Crippen LogP) is 8.57. The molecule has 144 valence electrons. The summed E-state index contributed by atoms with van der Waals surface area (Å²) in [4.78, 5) is 0. The molecule has 0 radical (unpaired) electrons. The summed E-state index contributed by atoms with van der Waals surface area (Å²) < 4.78 is 0. The van der Waals surface area contributed by atoms with Crippen molar-refractivity contribution in [2.24, 2.45) is 0 Å². The molecule has 2 rings (SSSR count). The van der Waals surface area contributed by atoms with Crippen molar-refractivity contribution in [3.05, 3.63) is 108 Å². The topological polar surface area (TPSA) is 0 Å². The number of benzene rings is 2. The van der Waals surface area contributed by atoms with E-state index in [1.807, 2.05) is 6.08 Å². The molecule has 2 aromatic carbocycles. The number of rotatable bonds is 9. The van der Waals surface area contributed by atoms with Crippen LogP contribution in [-0.2, 0) is 0 Å². The molecule has 2 aromatic rings. The Morgan fingerprint density at radius 3 is 2.39 bits per heavy atom. The molecule has 0 amide bonds. The Morgan fingerprint density at radius 1 is 0.929 bits per heavy atom. The molecule has 0 bridgehead atoms. The Morgan fingerprint density at radius 2 is 1.71 bits per heavy atom. The van der Waals surface area contributed by atoms with Crippen molar-refractivity contribution in [1.29, 1.82) is 0 Å². The lowest BCUT2D eigenvalue weighted by Gasteiger charge is -2.10. The highest BCUT2D eigenvalue weighted by atomic mass is 14.1. The van der Waals surface area contributed by atoms with Gasteiger partial charge in [0, 0.05) is 0 Å². The van der Waals surface area contributed by atoms with Crippen LogP contribution in [0.15, 0.2) is 91.6 Å². The van der Waals surface area contributed by atoms with Crippen molar-refractivity contribution in [1.82, 2.24) is 0 Å². The zero-order chi connectivity index (χ0) is 20.2. The monoisotopic (exact) mass is 368 g/mol. The van der Waals surface area contributed by atoms with Gasteiger partial charge in [-0.1, -0.05) is 105 Å². The van der Waals surface area contributed by atoms with E-state index >= 15 is 0 Å². The van der Waals surface area contributed by atoms with E-state index in [1.54, 1.807) is 0 Å². The summed E-state index contributed by atoms with van der Waals surface area (Å²) >= 11 is 0. The molecular formula is C28H32. The summed E-state index contributed by atoms with van der Waals surface area (Å²) in [6, 6.07) is 15.5. The zero-order valence-corrected chi connectivity index (χ0v) is 17.5. The van der Waals surface area contributed by atoms with E-state index in [1.165, 1.54) is 39.8 Å². The van der Waals surface area contributed by atoms with Crippen molar-refractivity contribution < 1.29 is 0 Å². The predicted molar refractivity (Wildman–Crippen MR) is 127 cm³/mol. The van der Waals surface area contributed by atoms with Gasteiger partial charge in [0.25, 0.3) is 0 Å². The van der Waals surface area contributed by atoms with Gasteiger partial charge >= 0.3 is 0 Å². The normalized spacial score (nSPS) is 12.5. The van der Waals surface area contributed by atoms with Gasteiger partial charge in [0.2, 0.25) is 0 Å². The third-order valence-electron chi connectivity index (χ3n) is 4.50. The van der Waals surface area contributed by atoms with Gasteiger partial charge in [-0.05, 0) is 65.8 Å². The second-order valence-corrected chi connectivity index (χ2v) is 6.95. The molecule has 0 heteroatoms. The van der Waals surface area contributed by atoms with E-state index in [-0.39, 0.29) is 0 Å². The molecule has 0 heterocycles. The number of allylic oxidation sites excluding steroid dienone is 8. The maximum absolute atomic E-state index is 3.89. The Bertz CT molecular complexity index is 871. The molecule has 0 aliphatic rings. The molecule has 0 aliphatic heterocycles. The Balaban J connectivity index is 2.50. The van der Waals surface area contributed by atoms with Crippen LogP contribution < -0.4 is 0 Å². The van der Waals surface area contributed by atoms with Gasteiger partial charge in [0.1, 0.15) is 0 Å². The molecule has 0 saturated carbocycles. The maximum atomic E-state index is 3.89. The second kappa shape index (κ2) is 11.8. The molecule has 0 fully saturated rings. The van der Waals surface area contributed by atoms with Crippen LogP contribution in [0.4, 0.5) is 0 Å². The van der Waals surface area contributed by atoms with Crippen molar-refractivity contribution in [2.75, 3.05) is 0 Å². The molecule has 0 aromatic heterocycles. The van der Waals surface area contributed by atoms with E-state index in [0.29, 0.717) is 0 Å². The quantitative estimate of drug-likeness (QED) is 0.389. The highest BCUT2D eigenvalue weighted by Crippen LogP contribution is 2.28. The minimum atomic E-state index is 1.01. The molecule has 0 saturated heterocycles. The van der Waals surface area contributed by atoms with Gasteiger partial charge in [-0.15, -0.1) is 0 Å². The first kappa shape index (κ1) is 21.4. The van der Waals surface area contributed by atoms with E-state index < -0.39 is 0 Å². The summed E-state index contributed by atoms with van der Waals surface area (Å²) in [6.07, 6.45) is 20.3. The van der Waals surface area contributed by atoms with E-state index in [4.69, 9.17) is 0 Å². The summed E-state index contributed by atoms with van der Waals surface area (Å²) in [5.41, 5.74) is 7.34. The van der Waals surface area contributed by atoms with Crippen LogP contribution >= 0.6 is 0 Å². The molecule has 0 unspecified atom stereocenters. The molecule has 28 heavy (non-hydrogen) atoms. The molecule has 0 spiro atoms. The molecule has 0 nitrogen and oxygen atoms in total. The maximum Gasteiger partial charge on any atom is -0.0172 e. The first-order valence-electron chi connectivity index (χ1n) is 10.2. The highest BCUT2D eigenvalue weighted by Gasteiger charge is 2.05.